The van der Waals surface area contributed by atoms with E-state index in [4.69, 9.17) is 5.26 Å². The average Bonchev–Trinajstić information content (AvgIpc) is 2.30. The van der Waals surface area contributed by atoms with Crippen LogP contribution >= 0.6 is 0 Å². The molecular formula is C15H26F2NORb. The maximum absolute atomic E-state index is 13.9. The third kappa shape index (κ3) is 6.48. The number of hydrogen-bond donors (Lipinski definition) is 0. The van der Waals surface area contributed by atoms with Crippen LogP contribution in [0.3, 0.4) is 0 Å². The maximum Gasteiger partial charge on any atom is 1.00 e. The van der Waals surface area contributed by atoms with Crippen LogP contribution in [0.5, 0.6) is 0 Å². The smallest absolute Gasteiger partial charge is 0.412 e. The predicted octanol–water partition coefficient (Wildman–Crippen LogP) is 0.627. The summed E-state index contributed by atoms with van der Waals surface area (Å²) in [6, 6.07) is 2.15. The maximum atomic E-state index is 13.9. The summed E-state index contributed by atoms with van der Waals surface area (Å²) in [4.78, 5) is 0. The molecule has 4 atom stereocenters. The first-order valence-electron chi connectivity index (χ1n) is 7.06. The van der Waals surface area contributed by atoms with Gasteiger partial charge in [0.25, 0.3) is 0 Å². The zero-order chi connectivity index (χ0) is 12.3. The molecule has 2 aliphatic carbocycles. The molecule has 0 aromatic rings. The first-order chi connectivity index (χ1) is 8.20. The summed E-state index contributed by atoms with van der Waals surface area (Å²) in [5.74, 6) is 1.21. The Kier molecular flexibility index (Phi) is 13.6. The van der Waals surface area contributed by atoms with Crippen LogP contribution in [-0.4, -0.2) is 11.6 Å². The van der Waals surface area contributed by atoms with E-state index in [1.165, 1.54) is 32.1 Å². The van der Waals surface area contributed by atoms with Crippen LogP contribution in [0.4, 0.5) is 9.09 Å². The Morgan fingerprint density at radius 2 is 1.80 bits per heavy atom. The Morgan fingerprint density at radius 3 is 2.30 bits per heavy atom. The molecule has 2 aliphatic rings. The third-order valence-corrected chi connectivity index (χ3v) is 4.64. The van der Waals surface area contributed by atoms with Crippen molar-refractivity contribution in [2.45, 2.75) is 58.0 Å². The predicted molar refractivity (Wildman–Crippen MR) is 72.9 cm³/mol. The zero-order valence-corrected chi connectivity index (χ0v) is 17.6. The molecule has 0 bridgehead atoms. The van der Waals surface area contributed by atoms with Gasteiger partial charge in [0.15, 0.2) is 0 Å². The molecule has 2 fully saturated rings. The molecule has 0 aromatic carbocycles. The van der Waals surface area contributed by atoms with E-state index in [2.05, 4.69) is 12.5 Å². The van der Waals surface area contributed by atoms with Crippen LogP contribution in [0.15, 0.2) is 0 Å². The monoisotopic (exact) mass is 359 g/mol. The van der Waals surface area contributed by atoms with Crippen molar-refractivity contribution in [3.8, 4) is 6.07 Å². The van der Waals surface area contributed by atoms with Gasteiger partial charge in [-0.15, -0.1) is 0 Å². The van der Waals surface area contributed by atoms with Gasteiger partial charge in [-0.25, -0.2) is 4.39 Å². The molecule has 2 rings (SSSR count). The van der Waals surface area contributed by atoms with E-state index in [-0.39, 0.29) is 80.2 Å². The van der Waals surface area contributed by atoms with E-state index in [0.29, 0.717) is 12.3 Å². The fraction of sp³-hybridized carbons (Fsp3) is 0.867. The van der Waals surface area contributed by atoms with Crippen LogP contribution in [0.25, 0.3) is 0 Å². The van der Waals surface area contributed by atoms with Crippen LogP contribution in [-0.2, 0) is 0 Å². The molecular weight excluding hydrogens is 334 g/mol. The number of hydrogen-bond acceptors (Lipinski definition) is 1. The number of rotatable bonds is 2. The zero-order valence-electron chi connectivity index (χ0n) is 12.6. The summed E-state index contributed by atoms with van der Waals surface area (Å²) in [5, 5.41) is 8.95. The van der Waals surface area contributed by atoms with E-state index in [9.17, 15) is 4.39 Å². The van der Waals surface area contributed by atoms with E-state index in [0.717, 1.165) is 12.3 Å². The molecule has 0 heterocycles. The molecule has 5 heteroatoms. The SMILES string of the molecule is CC1CC(CC2CC[CH-]CC2)CC(F)C1C#N.F.O.[Rb+]. The summed E-state index contributed by atoms with van der Waals surface area (Å²) in [5.41, 5.74) is 0. The first-order valence-corrected chi connectivity index (χ1v) is 7.06. The van der Waals surface area contributed by atoms with Crippen molar-refractivity contribution in [2.75, 3.05) is 0 Å². The molecule has 0 spiro atoms. The molecule has 0 amide bonds. The third-order valence-electron chi connectivity index (χ3n) is 4.64. The van der Waals surface area contributed by atoms with E-state index >= 15 is 0 Å². The fourth-order valence-corrected chi connectivity index (χ4v) is 3.69. The van der Waals surface area contributed by atoms with Crippen LogP contribution in [0.1, 0.15) is 51.9 Å². The Hall–Kier alpha value is 1.12. The van der Waals surface area contributed by atoms with Crippen molar-refractivity contribution in [1.82, 2.24) is 0 Å². The summed E-state index contributed by atoms with van der Waals surface area (Å²) < 4.78 is 13.9. The van der Waals surface area contributed by atoms with Gasteiger partial charge in [0.2, 0.25) is 0 Å². The number of alkyl halides is 1. The van der Waals surface area contributed by atoms with Gasteiger partial charge in [0, 0.05) is 0 Å². The Labute approximate surface area is 170 Å². The normalized spacial score (nSPS) is 33.9. The summed E-state index contributed by atoms with van der Waals surface area (Å²) in [6.45, 7) is 2.04. The quantitative estimate of drug-likeness (QED) is 0.667. The summed E-state index contributed by atoms with van der Waals surface area (Å²) in [6.07, 6.45) is 9.44. The molecule has 4 unspecified atom stereocenters. The van der Waals surface area contributed by atoms with Gasteiger partial charge in [-0.2, -0.15) is 18.1 Å². The van der Waals surface area contributed by atoms with Crippen molar-refractivity contribution >= 4 is 0 Å². The molecule has 0 radical (unpaired) electrons. The molecule has 0 aromatic heterocycles. The van der Waals surface area contributed by atoms with Gasteiger partial charge >= 0.3 is 58.2 Å². The Morgan fingerprint density at radius 1 is 1.20 bits per heavy atom. The first kappa shape index (κ1) is 23.4. The van der Waals surface area contributed by atoms with Crippen molar-refractivity contribution in [1.29, 1.82) is 5.26 Å². The molecule has 2 nitrogen and oxygen atoms in total. The second-order valence-corrected chi connectivity index (χ2v) is 6.03. The standard InChI is InChI=1S/C15H23FN.FH.H2O.Rb/c1-11-7-13(9-15(16)14(11)10-17)8-12-5-3-2-4-6-12;;;/h2,11-15H,3-9H2,1H3;1H;1H2;/q-1;;;+1. The van der Waals surface area contributed by atoms with Crippen LogP contribution in [0, 0.1) is 41.4 Å². The largest absolute Gasteiger partial charge is 1.00 e. The average molecular weight is 360 g/mol. The second kappa shape index (κ2) is 11.7. The minimum Gasteiger partial charge on any atom is -0.412 e. The van der Waals surface area contributed by atoms with Crippen molar-refractivity contribution < 1.29 is 72.8 Å². The fourth-order valence-electron chi connectivity index (χ4n) is 3.69. The molecule has 2 N–H and O–H groups in total. The second-order valence-electron chi connectivity index (χ2n) is 6.03. The van der Waals surface area contributed by atoms with Crippen LogP contribution < -0.4 is 58.2 Å². The molecule has 112 valence electrons. The molecule has 20 heavy (non-hydrogen) atoms. The van der Waals surface area contributed by atoms with Crippen molar-refractivity contribution in [3.63, 3.8) is 0 Å². The molecule has 2 saturated carbocycles. The molecule has 0 saturated heterocycles. The minimum atomic E-state index is -0.885. The van der Waals surface area contributed by atoms with Gasteiger partial charge in [0.05, 0.1) is 12.0 Å². The van der Waals surface area contributed by atoms with Gasteiger partial charge in [-0.3, -0.25) is 4.70 Å². The van der Waals surface area contributed by atoms with Crippen molar-refractivity contribution in [2.24, 2.45) is 23.7 Å². The van der Waals surface area contributed by atoms with E-state index < -0.39 is 6.17 Å². The molecule has 0 aliphatic heterocycles. The van der Waals surface area contributed by atoms with Gasteiger partial charge in [0.1, 0.15) is 6.17 Å². The van der Waals surface area contributed by atoms with Gasteiger partial charge < -0.3 is 11.9 Å². The van der Waals surface area contributed by atoms with E-state index in [1.807, 2.05) is 6.92 Å². The Bertz CT molecular complexity index is 280. The minimum absolute atomic E-state index is 0. The Balaban J connectivity index is 0. The van der Waals surface area contributed by atoms with Crippen LogP contribution in [0.2, 0.25) is 0 Å². The summed E-state index contributed by atoms with van der Waals surface area (Å²) in [7, 11) is 0. The van der Waals surface area contributed by atoms with Gasteiger partial charge in [-0.05, 0) is 37.0 Å². The van der Waals surface area contributed by atoms with Crippen molar-refractivity contribution in [3.05, 3.63) is 6.42 Å². The van der Waals surface area contributed by atoms with E-state index in [1.54, 1.807) is 0 Å². The number of halogens is 2. The van der Waals surface area contributed by atoms with Gasteiger partial charge in [-0.1, -0.05) is 19.8 Å². The summed E-state index contributed by atoms with van der Waals surface area (Å²) >= 11 is 0. The number of nitriles is 1. The number of nitrogens with zero attached hydrogens (tertiary/aromatic N) is 1. The topological polar surface area (TPSA) is 55.3 Å².